The summed E-state index contributed by atoms with van der Waals surface area (Å²) < 4.78 is 7.22. The summed E-state index contributed by atoms with van der Waals surface area (Å²) in [6.45, 7) is 0.395. The minimum Gasteiger partial charge on any atom is -0.465 e. The van der Waals surface area contributed by atoms with E-state index < -0.39 is 0 Å². The first-order valence-corrected chi connectivity index (χ1v) is 7.84. The van der Waals surface area contributed by atoms with Crippen LogP contribution in [-0.2, 0) is 11.3 Å². The summed E-state index contributed by atoms with van der Waals surface area (Å²) in [4.78, 5) is 24.2. The number of ether oxygens (including phenoxy) is 1. The maximum atomic E-state index is 12.6. The lowest BCUT2D eigenvalue weighted by Crippen LogP contribution is -2.20. The third-order valence-corrected chi connectivity index (χ3v) is 4.13. The summed E-state index contributed by atoms with van der Waals surface area (Å²) in [5.41, 5.74) is 1.28. The Hall–Kier alpha value is -2.40. The molecule has 0 radical (unpaired) electrons. The molecule has 0 bridgehead atoms. The van der Waals surface area contributed by atoms with E-state index in [2.05, 4.69) is 15.9 Å². The number of halogens is 1. The van der Waals surface area contributed by atoms with Gasteiger partial charge in [-0.25, -0.2) is 4.79 Å². The molecule has 0 aliphatic heterocycles. The van der Waals surface area contributed by atoms with E-state index in [9.17, 15) is 9.59 Å². The second-order valence-corrected chi connectivity index (χ2v) is 6.09. The van der Waals surface area contributed by atoms with Crippen molar-refractivity contribution < 1.29 is 9.53 Å². The number of pyridine rings is 1. The summed E-state index contributed by atoms with van der Waals surface area (Å²) >= 11 is 3.39. The van der Waals surface area contributed by atoms with Crippen molar-refractivity contribution >= 4 is 32.7 Å². The monoisotopic (exact) mass is 371 g/mol. The van der Waals surface area contributed by atoms with Crippen molar-refractivity contribution in [1.29, 1.82) is 0 Å². The maximum Gasteiger partial charge on any atom is 0.337 e. The van der Waals surface area contributed by atoms with Gasteiger partial charge in [0.1, 0.15) is 0 Å². The number of hydrogen-bond donors (Lipinski definition) is 0. The lowest BCUT2D eigenvalue weighted by atomic mass is 10.1. The number of esters is 1. The van der Waals surface area contributed by atoms with Gasteiger partial charge in [-0.2, -0.15) is 0 Å². The highest BCUT2D eigenvalue weighted by Gasteiger charge is 2.08. The summed E-state index contributed by atoms with van der Waals surface area (Å²) in [6, 6.07) is 14.6. The minimum absolute atomic E-state index is 0.0627. The van der Waals surface area contributed by atoms with Crippen LogP contribution in [0.4, 0.5) is 0 Å². The van der Waals surface area contributed by atoms with Crippen molar-refractivity contribution in [2.24, 2.45) is 0 Å². The molecule has 0 atom stereocenters. The molecule has 1 aromatic heterocycles. The van der Waals surface area contributed by atoms with Gasteiger partial charge in [-0.05, 0) is 41.3 Å². The summed E-state index contributed by atoms with van der Waals surface area (Å²) in [7, 11) is 1.35. The highest BCUT2D eigenvalue weighted by molar-refractivity contribution is 9.10. The minimum atomic E-state index is -0.387. The van der Waals surface area contributed by atoms with Crippen LogP contribution in [-0.4, -0.2) is 17.6 Å². The van der Waals surface area contributed by atoms with Crippen molar-refractivity contribution in [3.05, 3.63) is 80.7 Å². The van der Waals surface area contributed by atoms with E-state index in [0.717, 1.165) is 15.4 Å². The number of nitrogens with zero attached hydrogens (tertiary/aromatic N) is 1. The van der Waals surface area contributed by atoms with Gasteiger partial charge in [-0.1, -0.05) is 34.1 Å². The van der Waals surface area contributed by atoms with Crippen molar-refractivity contribution in [2.45, 2.75) is 6.54 Å². The molecule has 0 saturated heterocycles. The summed E-state index contributed by atoms with van der Waals surface area (Å²) in [6.07, 6.45) is 1.77. The van der Waals surface area contributed by atoms with Crippen LogP contribution in [0.5, 0.6) is 0 Å². The van der Waals surface area contributed by atoms with Crippen LogP contribution in [0.15, 0.2) is 64.0 Å². The van der Waals surface area contributed by atoms with Gasteiger partial charge in [0.05, 0.1) is 19.2 Å². The Morgan fingerprint density at radius 1 is 1.17 bits per heavy atom. The van der Waals surface area contributed by atoms with Crippen LogP contribution in [0, 0.1) is 0 Å². The number of hydrogen-bond acceptors (Lipinski definition) is 3. The zero-order valence-corrected chi connectivity index (χ0v) is 14.0. The molecule has 0 N–H and O–H groups in total. The molecule has 0 saturated carbocycles. The third-order valence-electron chi connectivity index (χ3n) is 3.64. The first-order valence-electron chi connectivity index (χ1n) is 7.04. The van der Waals surface area contributed by atoms with E-state index in [1.54, 1.807) is 29.0 Å². The molecule has 0 aliphatic rings. The van der Waals surface area contributed by atoms with Gasteiger partial charge < -0.3 is 9.30 Å². The lowest BCUT2D eigenvalue weighted by Gasteiger charge is -2.09. The summed E-state index contributed by atoms with van der Waals surface area (Å²) in [5.74, 6) is -0.387. The molecule has 23 heavy (non-hydrogen) atoms. The second kappa shape index (κ2) is 6.38. The van der Waals surface area contributed by atoms with Crippen molar-refractivity contribution in [3.8, 4) is 0 Å². The van der Waals surface area contributed by atoms with E-state index in [0.29, 0.717) is 17.5 Å². The molecule has 3 aromatic rings. The second-order valence-electron chi connectivity index (χ2n) is 5.17. The van der Waals surface area contributed by atoms with E-state index in [1.807, 2.05) is 30.3 Å². The molecule has 0 unspecified atom stereocenters. The van der Waals surface area contributed by atoms with E-state index in [1.165, 1.54) is 7.11 Å². The SMILES string of the molecule is COC(=O)c1cccc(Cn2ccc3ccc(Br)cc3c2=O)c1. The number of carbonyl (C=O) groups is 1. The largest absolute Gasteiger partial charge is 0.465 e. The highest BCUT2D eigenvalue weighted by atomic mass is 79.9. The Bertz CT molecular complexity index is 946. The van der Waals surface area contributed by atoms with Gasteiger partial charge >= 0.3 is 5.97 Å². The van der Waals surface area contributed by atoms with Gasteiger partial charge in [0.15, 0.2) is 0 Å². The normalized spacial score (nSPS) is 10.7. The average Bonchev–Trinajstić information content (AvgIpc) is 2.57. The maximum absolute atomic E-state index is 12.6. The van der Waals surface area contributed by atoms with Gasteiger partial charge in [-0.15, -0.1) is 0 Å². The zero-order chi connectivity index (χ0) is 16.4. The molecule has 4 nitrogen and oxygen atoms in total. The van der Waals surface area contributed by atoms with Crippen LogP contribution in [0.2, 0.25) is 0 Å². The van der Waals surface area contributed by atoms with Crippen LogP contribution in [0.1, 0.15) is 15.9 Å². The number of methoxy groups -OCH3 is 1. The molecule has 2 aromatic carbocycles. The Labute approximate surface area is 141 Å². The predicted molar refractivity (Wildman–Crippen MR) is 92.8 cm³/mol. The first kappa shape index (κ1) is 15.5. The molecule has 0 fully saturated rings. The molecule has 5 heteroatoms. The molecular formula is C18H14BrNO3. The molecule has 1 heterocycles. The molecule has 0 amide bonds. The fourth-order valence-electron chi connectivity index (χ4n) is 2.49. The van der Waals surface area contributed by atoms with Gasteiger partial charge in [0.2, 0.25) is 0 Å². The average molecular weight is 372 g/mol. The number of rotatable bonds is 3. The number of carbonyl (C=O) groups excluding carboxylic acids is 1. The lowest BCUT2D eigenvalue weighted by molar-refractivity contribution is 0.0600. The third kappa shape index (κ3) is 3.19. The Balaban J connectivity index is 2.00. The van der Waals surface area contributed by atoms with Gasteiger partial charge in [0.25, 0.3) is 5.56 Å². The van der Waals surface area contributed by atoms with Crippen molar-refractivity contribution in [3.63, 3.8) is 0 Å². The Morgan fingerprint density at radius 3 is 2.78 bits per heavy atom. The van der Waals surface area contributed by atoms with Crippen LogP contribution in [0.25, 0.3) is 10.8 Å². The Morgan fingerprint density at radius 2 is 2.00 bits per heavy atom. The molecule has 116 valence electrons. The standard InChI is InChI=1S/C18H14BrNO3/c1-23-18(22)14-4-2-3-12(9-14)11-20-8-7-13-5-6-15(19)10-16(13)17(20)21/h2-10H,11H2,1H3. The number of aromatic nitrogens is 1. The highest BCUT2D eigenvalue weighted by Crippen LogP contribution is 2.17. The predicted octanol–water partition coefficient (Wildman–Crippen LogP) is 3.60. The summed E-state index contributed by atoms with van der Waals surface area (Å²) in [5, 5.41) is 1.56. The van der Waals surface area contributed by atoms with Gasteiger partial charge in [0, 0.05) is 16.1 Å². The van der Waals surface area contributed by atoms with E-state index in [-0.39, 0.29) is 11.5 Å². The zero-order valence-electron chi connectivity index (χ0n) is 12.5. The number of fused-ring (bicyclic) bond motifs is 1. The van der Waals surface area contributed by atoms with Crippen LogP contribution in [0.3, 0.4) is 0 Å². The van der Waals surface area contributed by atoms with Gasteiger partial charge in [-0.3, -0.25) is 4.79 Å². The first-order chi connectivity index (χ1) is 11.1. The molecule has 0 aliphatic carbocycles. The number of benzene rings is 2. The molecule has 0 spiro atoms. The fourth-order valence-corrected chi connectivity index (χ4v) is 2.85. The fraction of sp³-hybridized carbons (Fsp3) is 0.111. The van der Waals surface area contributed by atoms with E-state index >= 15 is 0 Å². The topological polar surface area (TPSA) is 48.3 Å². The van der Waals surface area contributed by atoms with E-state index in [4.69, 9.17) is 4.74 Å². The van der Waals surface area contributed by atoms with Crippen molar-refractivity contribution in [1.82, 2.24) is 4.57 Å². The van der Waals surface area contributed by atoms with Crippen molar-refractivity contribution in [2.75, 3.05) is 7.11 Å². The Kier molecular flexibility index (Phi) is 4.30. The smallest absolute Gasteiger partial charge is 0.337 e. The quantitative estimate of drug-likeness (QED) is 0.660. The molecular weight excluding hydrogens is 358 g/mol. The van der Waals surface area contributed by atoms with Crippen LogP contribution < -0.4 is 5.56 Å². The van der Waals surface area contributed by atoms with Crippen LogP contribution >= 0.6 is 15.9 Å². The molecule has 3 rings (SSSR count).